The number of hydrogen-bond acceptors (Lipinski definition) is 5. The molecule has 0 unspecified atom stereocenters. The van der Waals surface area contributed by atoms with E-state index in [1.165, 1.54) is 43.4 Å². The van der Waals surface area contributed by atoms with Gasteiger partial charge < -0.3 is 0 Å². The van der Waals surface area contributed by atoms with E-state index in [1.54, 1.807) is 0 Å². The predicted molar refractivity (Wildman–Crippen MR) is 89.8 cm³/mol. The summed E-state index contributed by atoms with van der Waals surface area (Å²) in [5.41, 5.74) is 0.764. The third-order valence-electron chi connectivity index (χ3n) is 2.70. The van der Waals surface area contributed by atoms with E-state index in [9.17, 15) is 16.8 Å². The SMILES string of the molecule is CN(c1ccc(NS(C)(=O)=O)cc1)S(=O)(=O)c1ccc(Cl)s1. The van der Waals surface area contributed by atoms with Gasteiger partial charge in [-0.1, -0.05) is 11.6 Å². The molecule has 0 fully saturated rings. The molecule has 0 aliphatic carbocycles. The molecule has 0 amide bonds. The molecule has 1 N–H and O–H groups in total. The van der Waals surface area contributed by atoms with Crippen molar-refractivity contribution in [1.29, 1.82) is 0 Å². The van der Waals surface area contributed by atoms with Crippen LogP contribution in [0, 0.1) is 0 Å². The Balaban J connectivity index is 2.28. The molecule has 0 aliphatic rings. The van der Waals surface area contributed by atoms with E-state index in [0.29, 0.717) is 15.7 Å². The van der Waals surface area contributed by atoms with Gasteiger partial charge in [-0.05, 0) is 36.4 Å². The summed E-state index contributed by atoms with van der Waals surface area (Å²) < 4.78 is 51.1. The van der Waals surface area contributed by atoms with Gasteiger partial charge in [-0.2, -0.15) is 0 Å². The summed E-state index contributed by atoms with van der Waals surface area (Å²) in [5, 5.41) is 0. The molecule has 0 saturated heterocycles. The van der Waals surface area contributed by atoms with Crippen molar-refractivity contribution >= 4 is 54.4 Å². The maximum absolute atomic E-state index is 12.4. The number of rotatable bonds is 5. The summed E-state index contributed by atoms with van der Waals surface area (Å²) in [4.78, 5) is 0. The van der Waals surface area contributed by atoms with Crippen LogP contribution in [0.5, 0.6) is 0 Å². The summed E-state index contributed by atoms with van der Waals surface area (Å²) in [7, 11) is -5.65. The fourth-order valence-corrected chi connectivity index (χ4v) is 5.08. The topological polar surface area (TPSA) is 83.6 Å². The van der Waals surface area contributed by atoms with E-state index in [4.69, 9.17) is 11.6 Å². The van der Waals surface area contributed by atoms with Crippen molar-refractivity contribution in [2.24, 2.45) is 0 Å². The van der Waals surface area contributed by atoms with Crippen LogP contribution in [0.3, 0.4) is 0 Å². The molecule has 22 heavy (non-hydrogen) atoms. The van der Waals surface area contributed by atoms with Crippen LogP contribution < -0.4 is 9.03 Å². The van der Waals surface area contributed by atoms with Crippen molar-refractivity contribution in [3.8, 4) is 0 Å². The van der Waals surface area contributed by atoms with Gasteiger partial charge in [-0.3, -0.25) is 9.03 Å². The van der Waals surface area contributed by atoms with Gasteiger partial charge in [0.1, 0.15) is 4.21 Å². The molecule has 1 aromatic carbocycles. The Hall–Kier alpha value is -1.29. The van der Waals surface area contributed by atoms with Gasteiger partial charge in [-0.25, -0.2) is 16.8 Å². The van der Waals surface area contributed by atoms with E-state index < -0.39 is 20.0 Å². The highest BCUT2D eigenvalue weighted by atomic mass is 35.5. The van der Waals surface area contributed by atoms with Gasteiger partial charge in [0.25, 0.3) is 10.0 Å². The van der Waals surface area contributed by atoms with Crippen molar-refractivity contribution < 1.29 is 16.8 Å². The lowest BCUT2D eigenvalue weighted by Crippen LogP contribution is -2.25. The standard InChI is InChI=1S/C12H13ClN2O4S3/c1-15(22(18,19)12-8-7-11(13)20-12)10-5-3-9(4-6-10)14-21(2,16)17/h3-8,14H,1-2H3. The Morgan fingerprint density at radius 2 is 1.64 bits per heavy atom. The normalized spacial score (nSPS) is 12.1. The van der Waals surface area contributed by atoms with E-state index >= 15 is 0 Å². The zero-order chi connectivity index (χ0) is 16.5. The fourth-order valence-electron chi connectivity index (χ4n) is 1.66. The zero-order valence-electron chi connectivity index (χ0n) is 11.6. The molecule has 0 radical (unpaired) electrons. The van der Waals surface area contributed by atoms with Crippen LogP contribution in [0.1, 0.15) is 0 Å². The van der Waals surface area contributed by atoms with Crippen molar-refractivity contribution in [3.63, 3.8) is 0 Å². The molecule has 6 nitrogen and oxygen atoms in total. The number of benzene rings is 1. The summed E-state index contributed by atoms with van der Waals surface area (Å²) >= 11 is 6.74. The van der Waals surface area contributed by atoms with Crippen molar-refractivity contribution in [3.05, 3.63) is 40.7 Å². The Morgan fingerprint density at radius 3 is 2.09 bits per heavy atom. The molecule has 120 valence electrons. The molecule has 0 saturated carbocycles. The molecular weight excluding hydrogens is 368 g/mol. The molecule has 2 rings (SSSR count). The van der Waals surface area contributed by atoms with Crippen LogP contribution in [-0.2, 0) is 20.0 Å². The van der Waals surface area contributed by atoms with E-state index in [1.807, 2.05) is 0 Å². The number of halogens is 1. The first-order chi connectivity index (χ1) is 10.1. The number of thiophene rings is 1. The molecule has 0 spiro atoms. The van der Waals surface area contributed by atoms with Crippen LogP contribution in [0.2, 0.25) is 4.34 Å². The average molecular weight is 381 g/mol. The van der Waals surface area contributed by atoms with E-state index in [2.05, 4.69) is 4.72 Å². The van der Waals surface area contributed by atoms with Gasteiger partial charge in [0, 0.05) is 12.7 Å². The van der Waals surface area contributed by atoms with Gasteiger partial charge in [-0.15, -0.1) is 11.3 Å². The summed E-state index contributed by atoms with van der Waals surface area (Å²) in [6.45, 7) is 0. The van der Waals surface area contributed by atoms with Gasteiger partial charge in [0.05, 0.1) is 16.3 Å². The Morgan fingerprint density at radius 1 is 1.05 bits per heavy atom. The van der Waals surface area contributed by atoms with Crippen molar-refractivity contribution in [2.45, 2.75) is 4.21 Å². The highest BCUT2D eigenvalue weighted by molar-refractivity contribution is 7.94. The van der Waals surface area contributed by atoms with Gasteiger partial charge in [0.2, 0.25) is 10.0 Å². The van der Waals surface area contributed by atoms with Crippen molar-refractivity contribution in [1.82, 2.24) is 0 Å². The first-order valence-corrected chi connectivity index (χ1v) is 10.4. The van der Waals surface area contributed by atoms with Crippen LogP contribution in [0.4, 0.5) is 11.4 Å². The van der Waals surface area contributed by atoms with Crippen molar-refractivity contribution in [2.75, 3.05) is 22.3 Å². The Kier molecular flexibility index (Phi) is 4.71. The molecule has 0 atom stereocenters. The van der Waals surface area contributed by atoms with Crippen LogP contribution >= 0.6 is 22.9 Å². The van der Waals surface area contributed by atoms with Gasteiger partial charge in [0.15, 0.2) is 0 Å². The van der Waals surface area contributed by atoms with E-state index in [0.717, 1.165) is 21.9 Å². The number of hydrogen-bond donors (Lipinski definition) is 1. The molecule has 1 heterocycles. The van der Waals surface area contributed by atoms with Crippen LogP contribution in [0.25, 0.3) is 0 Å². The monoisotopic (exact) mass is 380 g/mol. The number of sulfonamides is 2. The lowest BCUT2D eigenvalue weighted by molar-refractivity contribution is 0.596. The first kappa shape index (κ1) is 17.1. The first-order valence-electron chi connectivity index (χ1n) is 5.92. The predicted octanol–water partition coefficient (Wildman–Crippen LogP) is 2.60. The third-order valence-corrected chi connectivity index (χ3v) is 6.79. The van der Waals surface area contributed by atoms with Crippen LogP contribution in [-0.4, -0.2) is 30.1 Å². The second kappa shape index (κ2) is 6.07. The fraction of sp³-hybridized carbons (Fsp3) is 0.167. The molecule has 0 bridgehead atoms. The minimum absolute atomic E-state index is 0.137. The number of nitrogens with one attached hydrogen (secondary N) is 1. The lowest BCUT2D eigenvalue weighted by Gasteiger charge is -2.18. The highest BCUT2D eigenvalue weighted by Gasteiger charge is 2.23. The van der Waals surface area contributed by atoms with Gasteiger partial charge >= 0.3 is 0 Å². The molecule has 10 heteroatoms. The molecule has 2 aromatic rings. The second-order valence-corrected chi connectivity index (χ2v) is 10.1. The maximum atomic E-state index is 12.4. The minimum atomic E-state index is -3.69. The smallest absolute Gasteiger partial charge is 0.273 e. The quantitative estimate of drug-likeness (QED) is 0.864. The average Bonchev–Trinajstić information content (AvgIpc) is 2.84. The second-order valence-electron chi connectivity index (χ2n) is 4.45. The Bertz CT molecular complexity index is 873. The lowest BCUT2D eigenvalue weighted by atomic mass is 10.3. The largest absolute Gasteiger partial charge is 0.284 e. The Labute approximate surface area is 138 Å². The molecule has 0 aliphatic heterocycles. The maximum Gasteiger partial charge on any atom is 0.273 e. The summed E-state index contributed by atoms with van der Waals surface area (Å²) in [6, 6.07) is 8.97. The molecule has 1 aromatic heterocycles. The highest BCUT2D eigenvalue weighted by Crippen LogP contribution is 2.30. The zero-order valence-corrected chi connectivity index (χ0v) is 14.9. The third kappa shape index (κ3) is 3.92. The number of nitrogens with zero attached hydrogens (tertiary/aromatic N) is 1. The minimum Gasteiger partial charge on any atom is -0.284 e. The molecular formula is C12H13ClN2O4S3. The van der Waals surface area contributed by atoms with Crippen LogP contribution in [0.15, 0.2) is 40.6 Å². The summed E-state index contributed by atoms with van der Waals surface area (Å²) in [5.74, 6) is 0. The number of anilines is 2. The summed E-state index contributed by atoms with van der Waals surface area (Å²) in [6.07, 6.45) is 1.04. The van der Waals surface area contributed by atoms with E-state index in [-0.39, 0.29) is 4.21 Å².